The van der Waals surface area contributed by atoms with Gasteiger partial charge in [0.2, 0.25) is 0 Å². The van der Waals surface area contributed by atoms with E-state index >= 15 is 0 Å². The van der Waals surface area contributed by atoms with E-state index in [0.717, 1.165) is 51.0 Å². The van der Waals surface area contributed by atoms with Crippen molar-refractivity contribution in [2.75, 3.05) is 59.1 Å². The first-order valence-corrected chi connectivity index (χ1v) is 10.6. The molecular formula is C20H41IN4O2. The van der Waals surface area contributed by atoms with E-state index in [0.29, 0.717) is 6.61 Å². The summed E-state index contributed by atoms with van der Waals surface area (Å²) < 4.78 is 5.56. The van der Waals surface area contributed by atoms with E-state index in [4.69, 9.17) is 9.73 Å². The van der Waals surface area contributed by atoms with E-state index < -0.39 is 0 Å². The highest BCUT2D eigenvalue weighted by Gasteiger charge is 2.34. The molecule has 0 bridgehead atoms. The molecule has 1 unspecified atom stereocenters. The number of hydrogen-bond donors (Lipinski definition) is 3. The summed E-state index contributed by atoms with van der Waals surface area (Å²) in [4.78, 5) is 7.38. The lowest BCUT2D eigenvalue weighted by Crippen LogP contribution is -2.39. The Labute approximate surface area is 182 Å². The van der Waals surface area contributed by atoms with Crippen LogP contribution in [0.1, 0.15) is 52.4 Å². The number of nitrogens with zero attached hydrogens (tertiary/aromatic N) is 2. The lowest BCUT2D eigenvalue weighted by molar-refractivity contribution is 0.131. The number of rotatable bonds is 10. The summed E-state index contributed by atoms with van der Waals surface area (Å²) in [6.45, 7) is 12.5. The molecule has 1 atom stereocenters. The summed E-state index contributed by atoms with van der Waals surface area (Å²) in [5, 5.41) is 16.1. The van der Waals surface area contributed by atoms with E-state index in [2.05, 4.69) is 29.4 Å². The Morgan fingerprint density at radius 1 is 1.26 bits per heavy atom. The van der Waals surface area contributed by atoms with Gasteiger partial charge in [-0.15, -0.1) is 24.0 Å². The number of likely N-dealkylation sites (tertiary alicyclic amines) is 1. The normalized spacial score (nSPS) is 24.6. The molecule has 160 valence electrons. The number of aliphatic imine (C=N–C) groups is 1. The first kappa shape index (κ1) is 24.9. The molecular weight excluding hydrogens is 455 g/mol. The van der Waals surface area contributed by atoms with Crippen LogP contribution in [0.2, 0.25) is 0 Å². The molecule has 2 saturated heterocycles. The van der Waals surface area contributed by atoms with Crippen LogP contribution < -0.4 is 10.6 Å². The van der Waals surface area contributed by atoms with Gasteiger partial charge in [-0.2, -0.15) is 0 Å². The van der Waals surface area contributed by atoms with Crippen molar-refractivity contribution in [2.45, 2.75) is 52.4 Å². The third-order valence-electron chi connectivity index (χ3n) is 5.81. The van der Waals surface area contributed by atoms with Crippen LogP contribution in [0, 0.1) is 11.3 Å². The van der Waals surface area contributed by atoms with Crippen molar-refractivity contribution >= 4 is 29.9 Å². The SMILES string of the molecule is CCNC(=NCC1(CCO)CCOC1)NCCCCN1CCC(C)CC1.I. The first-order chi connectivity index (χ1) is 12.7. The molecule has 27 heavy (non-hydrogen) atoms. The van der Waals surface area contributed by atoms with Crippen LogP contribution in [0.5, 0.6) is 0 Å². The number of nitrogens with one attached hydrogen (secondary N) is 2. The highest BCUT2D eigenvalue weighted by atomic mass is 127. The van der Waals surface area contributed by atoms with Gasteiger partial charge in [0.1, 0.15) is 0 Å². The van der Waals surface area contributed by atoms with Gasteiger partial charge in [0.25, 0.3) is 0 Å². The number of guanidine groups is 1. The van der Waals surface area contributed by atoms with Crippen molar-refractivity contribution in [3.8, 4) is 0 Å². The van der Waals surface area contributed by atoms with Crippen molar-refractivity contribution in [3.05, 3.63) is 0 Å². The van der Waals surface area contributed by atoms with E-state index in [1.807, 2.05) is 0 Å². The third-order valence-corrected chi connectivity index (χ3v) is 5.81. The Balaban J connectivity index is 0.00000364. The minimum atomic E-state index is 0. The average molecular weight is 496 g/mol. The fraction of sp³-hybridized carbons (Fsp3) is 0.950. The minimum Gasteiger partial charge on any atom is -0.396 e. The summed E-state index contributed by atoms with van der Waals surface area (Å²) in [5.41, 5.74) is 0.0164. The largest absolute Gasteiger partial charge is 0.396 e. The van der Waals surface area contributed by atoms with E-state index in [9.17, 15) is 5.11 Å². The van der Waals surface area contributed by atoms with Crippen molar-refractivity contribution in [1.82, 2.24) is 15.5 Å². The zero-order valence-electron chi connectivity index (χ0n) is 17.3. The second-order valence-corrected chi connectivity index (χ2v) is 8.13. The number of aliphatic hydroxyl groups excluding tert-OH is 1. The molecule has 2 aliphatic rings. The Morgan fingerprint density at radius 2 is 2.04 bits per heavy atom. The van der Waals surface area contributed by atoms with Crippen LogP contribution in [-0.4, -0.2) is 75.1 Å². The molecule has 0 radical (unpaired) electrons. The number of ether oxygens (including phenoxy) is 1. The summed E-state index contributed by atoms with van der Waals surface area (Å²) in [6, 6.07) is 0. The Bertz CT molecular complexity index is 409. The molecule has 6 nitrogen and oxygen atoms in total. The molecule has 3 N–H and O–H groups in total. The van der Waals surface area contributed by atoms with Crippen LogP contribution in [0.4, 0.5) is 0 Å². The fourth-order valence-electron chi connectivity index (χ4n) is 3.83. The van der Waals surface area contributed by atoms with Crippen molar-refractivity contribution in [1.29, 1.82) is 0 Å². The highest BCUT2D eigenvalue weighted by Crippen LogP contribution is 2.32. The van der Waals surface area contributed by atoms with Gasteiger partial charge in [-0.1, -0.05) is 6.92 Å². The maximum atomic E-state index is 9.34. The van der Waals surface area contributed by atoms with Crippen molar-refractivity contribution in [2.24, 2.45) is 16.3 Å². The van der Waals surface area contributed by atoms with Crippen LogP contribution in [0.3, 0.4) is 0 Å². The van der Waals surface area contributed by atoms with E-state index in [1.54, 1.807) is 0 Å². The predicted octanol–water partition coefficient (Wildman–Crippen LogP) is 2.46. The lowest BCUT2D eigenvalue weighted by atomic mass is 9.84. The number of hydrogen-bond acceptors (Lipinski definition) is 4. The van der Waals surface area contributed by atoms with Gasteiger partial charge < -0.3 is 25.4 Å². The van der Waals surface area contributed by atoms with Crippen molar-refractivity contribution < 1.29 is 9.84 Å². The van der Waals surface area contributed by atoms with Gasteiger partial charge in [-0.05, 0) is 71.0 Å². The van der Waals surface area contributed by atoms with Crippen LogP contribution in [-0.2, 0) is 4.74 Å². The molecule has 0 aliphatic carbocycles. The van der Waals surface area contributed by atoms with Gasteiger partial charge in [0.05, 0.1) is 13.2 Å². The lowest BCUT2D eigenvalue weighted by Gasteiger charge is -2.30. The average Bonchev–Trinajstić information content (AvgIpc) is 3.10. The molecule has 2 fully saturated rings. The Hall–Kier alpha value is -0.120. The Kier molecular flexibility index (Phi) is 12.9. The predicted molar refractivity (Wildman–Crippen MR) is 123 cm³/mol. The molecule has 0 aromatic rings. The first-order valence-electron chi connectivity index (χ1n) is 10.6. The highest BCUT2D eigenvalue weighted by molar-refractivity contribution is 14.0. The number of piperidine rings is 1. The summed E-state index contributed by atoms with van der Waals surface area (Å²) in [5.74, 6) is 1.80. The number of aliphatic hydroxyl groups is 1. The van der Waals surface area contributed by atoms with Gasteiger partial charge in [-0.25, -0.2) is 0 Å². The summed E-state index contributed by atoms with van der Waals surface area (Å²) >= 11 is 0. The second kappa shape index (κ2) is 14.0. The zero-order valence-corrected chi connectivity index (χ0v) is 19.7. The minimum absolute atomic E-state index is 0. The third kappa shape index (κ3) is 9.28. The van der Waals surface area contributed by atoms with Gasteiger partial charge >= 0.3 is 0 Å². The standard InChI is InChI=1S/C20H40N4O2.HI/c1-3-21-19(23-16-20(8-14-25)9-15-26-17-20)22-10-4-5-11-24-12-6-18(2)7-13-24;/h18,25H,3-17H2,1-2H3,(H2,21,22,23);1H. The van der Waals surface area contributed by atoms with Crippen molar-refractivity contribution in [3.63, 3.8) is 0 Å². The van der Waals surface area contributed by atoms with Gasteiger partial charge in [-0.3, -0.25) is 4.99 Å². The molecule has 0 aromatic heterocycles. The molecule has 0 aromatic carbocycles. The molecule has 0 saturated carbocycles. The monoisotopic (exact) mass is 496 g/mol. The topological polar surface area (TPSA) is 69.1 Å². The quantitative estimate of drug-likeness (QED) is 0.188. The van der Waals surface area contributed by atoms with E-state index in [-0.39, 0.29) is 36.0 Å². The molecule has 2 rings (SSSR count). The summed E-state index contributed by atoms with van der Waals surface area (Å²) in [6.07, 6.45) is 6.88. The second-order valence-electron chi connectivity index (χ2n) is 8.13. The Morgan fingerprint density at radius 3 is 2.67 bits per heavy atom. The fourth-order valence-corrected chi connectivity index (χ4v) is 3.83. The molecule has 2 heterocycles. The maximum Gasteiger partial charge on any atom is 0.191 e. The van der Waals surface area contributed by atoms with Crippen LogP contribution >= 0.6 is 24.0 Å². The number of halogens is 1. The maximum absolute atomic E-state index is 9.34. The molecule has 2 aliphatic heterocycles. The smallest absolute Gasteiger partial charge is 0.191 e. The van der Waals surface area contributed by atoms with Crippen LogP contribution in [0.15, 0.2) is 4.99 Å². The molecule has 7 heteroatoms. The summed E-state index contributed by atoms with van der Waals surface area (Å²) in [7, 11) is 0. The van der Waals surface area contributed by atoms with Crippen LogP contribution in [0.25, 0.3) is 0 Å². The number of unbranched alkanes of at least 4 members (excludes halogenated alkanes) is 1. The van der Waals surface area contributed by atoms with Gasteiger partial charge in [0.15, 0.2) is 5.96 Å². The molecule has 0 spiro atoms. The van der Waals surface area contributed by atoms with E-state index in [1.165, 1.54) is 45.3 Å². The zero-order chi connectivity index (χ0) is 18.7. The van der Waals surface area contributed by atoms with Gasteiger partial charge in [0, 0.05) is 31.7 Å². The molecule has 0 amide bonds.